The van der Waals surface area contributed by atoms with Crippen LogP contribution in [0.15, 0.2) is 18.2 Å². The first-order chi connectivity index (χ1) is 8.05. The summed E-state index contributed by atoms with van der Waals surface area (Å²) < 4.78 is 13.4. The SMILES string of the molecule is Cc1ccc(NC(=O)C(C)(C)C(C)(C)N)cc1F. The Morgan fingerprint density at radius 2 is 1.83 bits per heavy atom. The van der Waals surface area contributed by atoms with Gasteiger partial charge in [0.05, 0.1) is 5.41 Å². The number of benzene rings is 1. The molecule has 0 radical (unpaired) electrons. The number of nitrogens with two attached hydrogens (primary N) is 1. The van der Waals surface area contributed by atoms with Crippen molar-refractivity contribution in [3.63, 3.8) is 0 Å². The Bertz CT molecular complexity index is 461. The molecular weight excluding hydrogens is 231 g/mol. The number of hydrogen-bond donors (Lipinski definition) is 2. The average molecular weight is 252 g/mol. The van der Waals surface area contributed by atoms with E-state index in [4.69, 9.17) is 5.73 Å². The quantitative estimate of drug-likeness (QED) is 0.869. The lowest BCUT2D eigenvalue weighted by molar-refractivity contribution is -0.126. The van der Waals surface area contributed by atoms with Gasteiger partial charge in [-0.05, 0) is 52.3 Å². The minimum atomic E-state index is -0.756. The number of halogens is 1. The average Bonchev–Trinajstić information content (AvgIpc) is 2.21. The number of nitrogens with one attached hydrogen (secondary N) is 1. The van der Waals surface area contributed by atoms with Crippen molar-refractivity contribution in [1.29, 1.82) is 0 Å². The topological polar surface area (TPSA) is 55.1 Å². The highest BCUT2D eigenvalue weighted by molar-refractivity contribution is 5.95. The van der Waals surface area contributed by atoms with Gasteiger partial charge >= 0.3 is 0 Å². The summed E-state index contributed by atoms with van der Waals surface area (Å²) in [4.78, 5) is 12.2. The lowest BCUT2D eigenvalue weighted by Gasteiger charge is -2.36. The predicted molar refractivity (Wildman–Crippen MR) is 71.8 cm³/mol. The highest BCUT2D eigenvalue weighted by Crippen LogP contribution is 2.30. The van der Waals surface area contributed by atoms with Crippen molar-refractivity contribution < 1.29 is 9.18 Å². The molecule has 1 aromatic rings. The second kappa shape index (κ2) is 4.69. The Morgan fingerprint density at radius 3 is 2.28 bits per heavy atom. The van der Waals surface area contributed by atoms with Crippen LogP contribution in [0.5, 0.6) is 0 Å². The van der Waals surface area contributed by atoms with Crippen molar-refractivity contribution >= 4 is 11.6 Å². The highest BCUT2D eigenvalue weighted by Gasteiger charge is 2.40. The minimum Gasteiger partial charge on any atom is -0.325 e. The number of anilines is 1. The number of amides is 1. The molecule has 1 rings (SSSR count). The van der Waals surface area contributed by atoms with Crippen LogP contribution in [-0.2, 0) is 4.79 Å². The molecule has 0 saturated carbocycles. The van der Waals surface area contributed by atoms with E-state index in [0.717, 1.165) is 0 Å². The van der Waals surface area contributed by atoms with E-state index in [0.29, 0.717) is 11.3 Å². The van der Waals surface area contributed by atoms with Crippen LogP contribution in [0.25, 0.3) is 0 Å². The summed E-state index contributed by atoms with van der Waals surface area (Å²) in [7, 11) is 0. The number of rotatable bonds is 3. The van der Waals surface area contributed by atoms with Crippen LogP contribution in [0, 0.1) is 18.2 Å². The van der Waals surface area contributed by atoms with Gasteiger partial charge in [0.1, 0.15) is 5.82 Å². The molecule has 3 N–H and O–H groups in total. The van der Waals surface area contributed by atoms with Crippen LogP contribution in [-0.4, -0.2) is 11.4 Å². The van der Waals surface area contributed by atoms with Crippen LogP contribution < -0.4 is 11.1 Å². The van der Waals surface area contributed by atoms with Crippen LogP contribution >= 0.6 is 0 Å². The number of hydrogen-bond acceptors (Lipinski definition) is 2. The standard InChI is InChI=1S/C14H21FN2O/c1-9-6-7-10(8-11(9)15)17-12(18)13(2,3)14(4,5)16/h6-8H,16H2,1-5H3,(H,17,18). The molecule has 0 aliphatic rings. The lowest BCUT2D eigenvalue weighted by atomic mass is 9.74. The lowest BCUT2D eigenvalue weighted by Crippen LogP contribution is -2.53. The zero-order valence-corrected chi connectivity index (χ0v) is 11.6. The molecule has 0 aliphatic carbocycles. The van der Waals surface area contributed by atoms with Crippen LogP contribution in [0.4, 0.5) is 10.1 Å². The van der Waals surface area contributed by atoms with E-state index in [1.807, 2.05) is 0 Å². The Hall–Kier alpha value is -1.42. The van der Waals surface area contributed by atoms with E-state index < -0.39 is 11.0 Å². The first kappa shape index (κ1) is 14.6. The minimum absolute atomic E-state index is 0.224. The van der Waals surface area contributed by atoms with Gasteiger partial charge in [0.2, 0.25) is 5.91 Å². The molecule has 0 unspecified atom stereocenters. The molecular formula is C14H21FN2O. The van der Waals surface area contributed by atoms with Crippen molar-refractivity contribution in [2.24, 2.45) is 11.1 Å². The first-order valence-electron chi connectivity index (χ1n) is 5.92. The third kappa shape index (κ3) is 2.88. The Labute approximate surface area is 108 Å². The molecule has 1 aromatic carbocycles. The summed E-state index contributed by atoms with van der Waals surface area (Å²) in [5.41, 5.74) is 5.56. The van der Waals surface area contributed by atoms with Gasteiger partial charge in [0, 0.05) is 11.2 Å². The van der Waals surface area contributed by atoms with Crippen molar-refractivity contribution in [3.8, 4) is 0 Å². The largest absolute Gasteiger partial charge is 0.325 e. The van der Waals surface area contributed by atoms with E-state index >= 15 is 0 Å². The van der Waals surface area contributed by atoms with Crippen LogP contribution in [0.3, 0.4) is 0 Å². The molecule has 0 heterocycles. The summed E-state index contributed by atoms with van der Waals surface area (Å²) >= 11 is 0. The maximum absolute atomic E-state index is 13.4. The molecule has 0 aromatic heterocycles. The van der Waals surface area contributed by atoms with Crippen molar-refractivity contribution in [3.05, 3.63) is 29.6 Å². The molecule has 1 amide bonds. The number of aryl methyl sites for hydroxylation is 1. The van der Waals surface area contributed by atoms with Crippen molar-refractivity contribution in [2.45, 2.75) is 40.2 Å². The first-order valence-corrected chi connectivity index (χ1v) is 5.92. The molecule has 0 fully saturated rings. The number of carbonyl (C=O) groups excluding carboxylic acids is 1. The van der Waals surface area contributed by atoms with Gasteiger partial charge in [0.25, 0.3) is 0 Å². The number of carbonyl (C=O) groups is 1. The van der Waals surface area contributed by atoms with Gasteiger partial charge in [-0.3, -0.25) is 4.79 Å². The third-order valence-electron chi connectivity index (χ3n) is 3.61. The summed E-state index contributed by atoms with van der Waals surface area (Å²) in [5.74, 6) is -0.559. The normalized spacial score (nSPS) is 12.4. The second-order valence-corrected chi connectivity index (χ2v) is 5.76. The summed E-state index contributed by atoms with van der Waals surface area (Å²) in [6.45, 7) is 8.80. The van der Waals surface area contributed by atoms with Gasteiger partial charge in [0.15, 0.2) is 0 Å². The fraction of sp³-hybridized carbons (Fsp3) is 0.500. The molecule has 4 heteroatoms. The Morgan fingerprint density at radius 1 is 1.28 bits per heavy atom. The van der Waals surface area contributed by atoms with Crippen molar-refractivity contribution in [1.82, 2.24) is 0 Å². The molecule has 0 bridgehead atoms. The maximum Gasteiger partial charge on any atom is 0.231 e. The maximum atomic E-state index is 13.4. The summed E-state index contributed by atoms with van der Waals surface area (Å²) in [6, 6.07) is 4.62. The molecule has 100 valence electrons. The summed E-state index contributed by atoms with van der Waals surface area (Å²) in [5, 5.41) is 2.70. The molecule has 0 atom stereocenters. The highest BCUT2D eigenvalue weighted by atomic mass is 19.1. The van der Waals surface area contributed by atoms with Gasteiger partial charge in [-0.15, -0.1) is 0 Å². The van der Waals surface area contributed by atoms with E-state index in [9.17, 15) is 9.18 Å². The van der Waals surface area contributed by atoms with E-state index in [2.05, 4.69) is 5.32 Å². The van der Waals surface area contributed by atoms with Gasteiger partial charge < -0.3 is 11.1 Å². The predicted octanol–water partition coefficient (Wildman–Crippen LogP) is 2.84. The monoisotopic (exact) mass is 252 g/mol. The van der Waals surface area contributed by atoms with E-state index in [1.54, 1.807) is 46.8 Å². The second-order valence-electron chi connectivity index (χ2n) is 5.76. The molecule has 0 aliphatic heterocycles. The third-order valence-corrected chi connectivity index (χ3v) is 3.61. The van der Waals surface area contributed by atoms with E-state index in [1.165, 1.54) is 6.07 Å². The zero-order valence-electron chi connectivity index (χ0n) is 11.6. The summed E-state index contributed by atoms with van der Waals surface area (Å²) in [6.07, 6.45) is 0. The Kier molecular flexibility index (Phi) is 3.81. The Balaban J connectivity index is 2.91. The van der Waals surface area contributed by atoms with Gasteiger partial charge in [-0.25, -0.2) is 4.39 Å². The van der Waals surface area contributed by atoms with Crippen LogP contribution in [0.1, 0.15) is 33.3 Å². The molecule has 18 heavy (non-hydrogen) atoms. The van der Waals surface area contributed by atoms with E-state index in [-0.39, 0.29) is 11.7 Å². The smallest absolute Gasteiger partial charge is 0.231 e. The fourth-order valence-electron chi connectivity index (χ4n) is 1.25. The zero-order chi connectivity index (χ0) is 14.1. The van der Waals surface area contributed by atoms with Crippen LogP contribution in [0.2, 0.25) is 0 Å². The van der Waals surface area contributed by atoms with Gasteiger partial charge in [-0.2, -0.15) is 0 Å². The molecule has 3 nitrogen and oxygen atoms in total. The van der Waals surface area contributed by atoms with Gasteiger partial charge in [-0.1, -0.05) is 6.07 Å². The molecule has 0 saturated heterocycles. The van der Waals surface area contributed by atoms with Crippen molar-refractivity contribution in [2.75, 3.05) is 5.32 Å². The molecule has 0 spiro atoms. The fourth-order valence-corrected chi connectivity index (χ4v) is 1.25.